The summed E-state index contributed by atoms with van der Waals surface area (Å²) in [6.07, 6.45) is 0.821. The first-order valence-electron chi connectivity index (χ1n) is 7.98. The Morgan fingerprint density at radius 3 is 2.96 bits per heavy atom. The highest BCUT2D eigenvalue weighted by Crippen LogP contribution is 2.27. The van der Waals surface area contributed by atoms with E-state index < -0.39 is 41.9 Å². The molecule has 1 amide bonds. The summed E-state index contributed by atoms with van der Waals surface area (Å²) in [5.74, 6) is -1.39. The minimum absolute atomic E-state index is 0.161. The molecule has 1 saturated heterocycles. The number of hydrogen-bond donors (Lipinski definition) is 2. The second-order valence-corrected chi connectivity index (χ2v) is 5.69. The summed E-state index contributed by atoms with van der Waals surface area (Å²) in [4.78, 5) is 27.1. The SMILES string of the molecule is CCCCCOC(=O)Nc1nc(=O)n(C2CC(O)C(C)O2)cc1F. The monoisotopic (exact) mass is 343 g/mol. The normalized spacial score (nSPS) is 23.2. The molecule has 1 fully saturated rings. The van der Waals surface area contributed by atoms with E-state index >= 15 is 0 Å². The Morgan fingerprint density at radius 1 is 1.58 bits per heavy atom. The fourth-order valence-corrected chi connectivity index (χ4v) is 2.36. The molecule has 134 valence electrons. The molecule has 0 aliphatic carbocycles. The maximum absolute atomic E-state index is 14.1. The Kier molecular flexibility index (Phi) is 6.27. The lowest BCUT2D eigenvalue weighted by molar-refractivity contribution is -0.0104. The van der Waals surface area contributed by atoms with Gasteiger partial charge in [-0.15, -0.1) is 0 Å². The van der Waals surface area contributed by atoms with Crippen molar-refractivity contribution < 1.29 is 23.8 Å². The van der Waals surface area contributed by atoms with Gasteiger partial charge >= 0.3 is 11.8 Å². The van der Waals surface area contributed by atoms with E-state index in [9.17, 15) is 19.1 Å². The summed E-state index contributed by atoms with van der Waals surface area (Å²) in [7, 11) is 0. The minimum atomic E-state index is -0.891. The number of ether oxygens (including phenoxy) is 2. The van der Waals surface area contributed by atoms with Crippen LogP contribution in [0, 0.1) is 5.82 Å². The molecule has 1 aliphatic heterocycles. The Balaban J connectivity index is 2.02. The average molecular weight is 343 g/mol. The standard InChI is InChI=1S/C15H22FN3O5/c1-3-4-5-6-23-15(22)18-13-10(16)8-19(14(21)17-13)12-7-11(20)9(2)24-12/h8-9,11-12,20H,3-7H2,1-2H3,(H,17,18,21,22). The van der Waals surface area contributed by atoms with Gasteiger partial charge in [0.05, 0.1) is 25.0 Å². The zero-order valence-electron chi connectivity index (χ0n) is 13.7. The van der Waals surface area contributed by atoms with E-state index in [-0.39, 0.29) is 13.0 Å². The molecular formula is C15H22FN3O5. The highest BCUT2D eigenvalue weighted by molar-refractivity contribution is 5.83. The quantitative estimate of drug-likeness (QED) is 0.764. The van der Waals surface area contributed by atoms with Crippen LogP contribution in [-0.2, 0) is 9.47 Å². The van der Waals surface area contributed by atoms with E-state index in [1.165, 1.54) is 0 Å². The van der Waals surface area contributed by atoms with E-state index in [2.05, 4.69) is 10.3 Å². The summed E-state index contributed by atoms with van der Waals surface area (Å²) in [5.41, 5.74) is -0.788. The molecule has 24 heavy (non-hydrogen) atoms. The van der Waals surface area contributed by atoms with Crippen LogP contribution in [0.1, 0.15) is 45.8 Å². The summed E-state index contributed by atoms with van der Waals surface area (Å²) >= 11 is 0. The number of anilines is 1. The predicted molar refractivity (Wildman–Crippen MR) is 83.2 cm³/mol. The third-order valence-electron chi connectivity index (χ3n) is 3.78. The van der Waals surface area contributed by atoms with Crippen molar-refractivity contribution in [2.45, 2.75) is 58.0 Å². The topological polar surface area (TPSA) is 103 Å². The van der Waals surface area contributed by atoms with Crippen LogP contribution in [0.25, 0.3) is 0 Å². The maximum Gasteiger partial charge on any atom is 0.412 e. The molecule has 2 heterocycles. The smallest absolute Gasteiger partial charge is 0.412 e. The lowest BCUT2D eigenvalue weighted by Gasteiger charge is -2.14. The number of nitrogens with zero attached hydrogens (tertiary/aromatic N) is 2. The average Bonchev–Trinajstić information content (AvgIpc) is 2.86. The highest BCUT2D eigenvalue weighted by atomic mass is 19.1. The van der Waals surface area contributed by atoms with Crippen LogP contribution in [0.2, 0.25) is 0 Å². The van der Waals surface area contributed by atoms with Gasteiger partial charge in [-0.05, 0) is 13.3 Å². The summed E-state index contributed by atoms with van der Waals surface area (Å²) in [6.45, 7) is 3.89. The number of halogens is 1. The molecule has 0 aromatic carbocycles. The van der Waals surface area contributed by atoms with Gasteiger partial charge < -0.3 is 14.6 Å². The van der Waals surface area contributed by atoms with E-state index in [1.807, 2.05) is 6.92 Å². The van der Waals surface area contributed by atoms with E-state index in [4.69, 9.17) is 9.47 Å². The van der Waals surface area contributed by atoms with Crippen LogP contribution in [0.5, 0.6) is 0 Å². The number of aliphatic hydroxyl groups is 1. The molecule has 1 aromatic heterocycles. The molecule has 2 N–H and O–H groups in total. The molecule has 0 bridgehead atoms. The van der Waals surface area contributed by atoms with Crippen molar-refractivity contribution in [2.24, 2.45) is 0 Å². The largest absolute Gasteiger partial charge is 0.449 e. The molecule has 3 unspecified atom stereocenters. The second kappa shape index (κ2) is 8.20. The Labute approximate surface area is 138 Å². The van der Waals surface area contributed by atoms with Crippen molar-refractivity contribution in [3.63, 3.8) is 0 Å². The number of hydrogen-bond acceptors (Lipinski definition) is 6. The van der Waals surface area contributed by atoms with Crippen LogP contribution >= 0.6 is 0 Å². The zero-order valence-corrected chi connectivity index (χ0v) is 13.7. The fourth-order valence-electron chi connectivity index (χ4n) is 2.36. The van der Waals surface area contributed by atoms with Crippen LogP contribution in [0.4, 0.5) is 15.0 Å². The number of aromatic nitrogens is 2. The third kappa shape index (κ3) is 4.51. The van der Waals surface area contributed by atoms with E-state index in [0.717, 1.165) is 23.6 Å². The lowest BCUT2D eigenvalue weighted by atomic mass is 10.2. The summed E-state index contributed by atoms with van der Waals surface area (Å²) in [5, 5.41) is 11.8. The number of amides is 1. The first-order chi connectivity index (χ1) is 11.4. The van der Waals surface area contributed by atoms with Crippen molar-refractivity contribution in [1.29, 1.82) is 0 Å². The summed E-state index contributed by atoms with van der Waals surface area (Å²) in [6, 6.07) is 0. The van der Waals surface area contributed by atoms with Gasteiger partial charge in [0.1, 0.15) is 6.23 Å². The van der Waals surface area contributed by atoms with Gasteiger partial charge in [0.15, 0.2) is 11.6 Å². The number of rotatable bonds is 6. The van der Waals surface area contributed by atoms with Crippen LogP contribution < -0.4 is 11.0 Å². The van der Waals surface area contributed by atoms with Gasteiger partial charge in [0.2, 0.25) is 0 Å². The molecule has 0 spiro atoms. The first-order valence-corrected chi connectivity index (χ1v) is 7.98. The molecular weight excluding hydrogens is 321 g/mol. The lowest BCUT2D eigenvalue weighted by Crippen LogP contribution is -2.29. The first kappa shape index (κ1) is 18.3. The van der Waals surface area contributed by atoms with Gasteiger partial charge in [0.25, 0.3) is 0 Å². The number of nitrogens with one attached hydrogen (secondary N) is 1. The highest BCUT2D eigenvalue weighted by Gasteiger charge is 2.33. The Morgan fingerprint density at radius 2 is 2.33 bits per heavy atom. The van der Waals surface area contributed by atoms with Gasteiger partial charge in [-0.2, -0.15) is 4.98 Å². The Bertz CT molecular complexity index is 626. The van der Waals surface area contributed by atoms with E-state index in [1.54, 1.807) is 6.92 Å². The van der Waals surface area contributed by atoms with Crippen LogP contribution in [0.3, 0.4) is 0 Å². The number of unbranched alkanes of at least 4 members (excludes halogenated alkanes) is 2. The van der Waals surface area contributed by atoms with Crippen molar-refractivity contribution in [1.82, 2.24) is 9.55 Å². The number of carbonyl (C=O) groups excluding carboxylic acids is 1. The predicted octanol–water partition coefficient (Wildman–Crippen LogP) is 1.79. The van der Waals surface area contributed by atoms with Crippen molar-refractivity contribution in [3.05, 3.63) is 22.5 Å². The molecule has 2 rings (SSSR count). The van der Waals surface area contributed by atoms with Crippen LogP contribution in [0.15, 0.2) is 11.0 Å². The molecule has 0 radical (unpaired) electrons. The van der Waals surface area contributed by atoms with Gasteiger partial charge in [-0.25, -0.2) is 14.0 Å². The van der Waals surface area contributed by atoms with Crippen molar-refractivity contribution in [3.8, 4) is 0 Å². The molecule has 1 aliphatic rings. The van der Waals surface area contributed by atoms with Crippen molar-refractivity contribution in [2.75, 3.05) is 11.9 Å². The fraction of sp³-hybridized carbons (Fsp3) is 0.667. The number of aliphatic hydroxyl groups excluding tert-OH is 1. The summed E-state index contributed by atoms with van der Waals surface area (Å²) < 4.78 is 25.3. The van der Waals surface area contributed by atoms with Gasteiger partial charge in [-0.1, -0.05) is 19.8 Å². The number of carbonyl (C=O) groups is 1. The molecule has 9 heteroatoms. The third-order valence-corrected chi connectivity index (χ3v) is 3.78. The molecule has 1 aromatic rings. The van der Waals surface area contributed by atoms with Gasteiger partial charge in [-0.3, -0.25) is 9.88 Å². The van der Waals surface area contributed by atoms with Crippen LogP contribution in [-0.4, -0.2) is 39.6 Å². The maximum atomic E-state index is 14.1. The molecule has 3 atom stereocenters. The van der Waals surface area contributed by atoms with E-state index in [0.29, 0.717) is 6.42 Å². The second-order valence-electron chi connectivity index (χ2n) is 5.69. The van der Waals surface area contributed by atoms with Crippen molar-refractivity contribution >= 4 is 11.9 Å². The Hall–Kier alpha value is -2.00. The molecule has 8 nitrogen and oxygen atoms in total. The molecule has 0 saturated carbocycles. The minimum Gasteiger partial charge on any atom is -0.449 e. The zero-order chi connectivity index (χ0) is 17.7. The van der Waals surface area contributed by atoms with Gasteiger partial charge in [0, 0.05) is 6.42 Å².